The van der Waals surface area contributed by atoms with E-state index in [1.807, 2.05) is 32.6 Å². The number of hydrogen-bond donors (Lipinski definition) is 1. The van der Waals surface area contributed by atoms with E-state index in [0.717, 1.165) is 19.4 Å². The molecule has 2 rings (SSSR count). The summed E-state index contributed by atoms with van der Waals surface area (Å²) >= 11 is 0. The lowest BCUT2D eigenvalue weighted by Crippen LogP contribution is -2.66. The first-order chi connectivity index (χ1) is 9.81. The smallest absolute Gasteiger partial charge is 0.246 e. The molecule has 0 aromatic heterocycles. The molecular formula is C17H30N2O2. The van der Waals surface area contributed by atoms with Crippen molar-refractivity contribution < 1.29 is 9.59 Å². The predicted molar refractivity (Wildman–Crippen MR) is 83.7 cm³/mol. The molecule has 2 fully saturated rings. The summed E-state index contributed by atoms with van der Waals surface area (Å²) in [6.07, 6.45) is 4.70. The summed E-state index contributed by atoms with van der Waals surface area (Å²) in [5.74, 6) is 0.430. The van der Waals surface area contributed by atoms with E-state index in [0.29, 0.717) is 0 Å². The number of nitrogens with one attached hydrogen (secondary N) is 1. The normalized spacial score (nSPS) is 28.2. The SMILES string of the molecule is CCCC1(CN2C(=O)C(C(C)C)NC(=O)C2C(C)C)CC1. The van der Waals surface area contributed by atoms with Crippen LogP contribution in [0.5, 0.6) is 0 Å². The van der Waals surface area contributed by atoms with Crippen LogP contribution < -0.4 is 5.32 Å². The van der Waals surface area contributed by atoms with Gasteiger partial charge in [0.2, 0.25) is 11.8 Å². The Labute approximate surface area is 128 Å². The van der Waals surface area contributed by atoms with Crippen LogP contribution in [0.1, 0.15) is 60.3 Å². The Morgan fingerprint density at radius 3 is 2.24 bits per heavy atom. The molecule has 0 radical (unpaired) electrons. The highest BCUT2D eigenvalue weighted by molar-refractivity contribution is 5.97. The van der Waals surface area contributed by atoms with Gasteiger partial charge in [0.1, 0.15) is 12.1 Å². The van der Waals surface area contributed by atoms with Gasteiger partial charge in [0, 0.05) is 6.54 Å². The van der Waals surface area contributed by atoms with Crippen molar-refractivity contribution in [3.8, 4) is 0 Å². The molecule has 2 unspecified atom stereocenters. The van der Waals surface area contributed by atoms with Gasteiger partial charge in [0.05, 0.1) is 0 Å². The molecule has 1 aliphatic heterocycles. The summed E-state index contributed by atoms with van der Waals surface area (Å²) in [4.78, 5) is 27.2. The van der Waals surface area contributed by atoms with Crippen molar-refractivity contribution in [1.29, 1.82) is 0 Å². The molecule has 2 aliphatic rings. The highest BCUT2D eigenvalue weighted by Crippen LogP contribution is 2.50. The average Bonchev–Trinajstić information content (AvgIpc) is 3.13. The minimum atomic E-state index is -0.357. The van der Waals surface area contributed by atoms with Crippen LogP contribution in [0.25, 0.3) is 0 Å². The van der Waals surface area contributed by atoms with Gasteiger partial charge < -0.3 is 10.2 Å². The van der Waals surface area contributed by atoms with Crippen LogP contribution in [0.15, 0.2) is 0 Å². The van der Waals surface area contributed by atoms with Gasteiger partial charge in [-0.2, -0.15) is 0 Å². The molecule has 4 nitrogen and oxygen atoms in total. The second-order valence-electron chi connectivity index (χ2n) is 7.64. The standard InChI is InChI=1S/C17H30N2O2/c1-6-7-17(8-9-17)10-19-14(12(4)5)15(20)18-13(11(2)3)16(19)21/h11-14H,6-10H2,1-5H3,(H,18,20). The van der Waals surface area contributed by atoms with Gasteiger partial charge in [0.25, 0.3) is 0 Å². The van der Waals surface area contributed by atoms with Crippen molar-refractivity contribution in [1.82, 2.24) is 10.2 Å². The summed E-state index contributed by atoms with van der Waals surface area (Å²) < 4.78 is 0. The lowest BCUT2D eigenvalue weighted by molar-refractivity contribution is -0.153. The third-order valence-corrected chi connectivity index (χ3v) is 4.99. The molecule has 0 spiro atoms. The molecule has 1 N–H and O–H groups in total. The van der Waals surface area contributed by atoms with E-state index in [1.165, 1.54) is 12.8 Å². The number of piperazine rings is 1. The van der Waals surface area contributed by atoms with E-state index < -0.39 is 0 Å². The van der Waals surface area contributed by atoms with E-state index in [1.54, 1.807) is 0 Å². The molecule has 4 heteroatoms. The highest BCUT2D eigenvalue weighted by atomic mass is 16.2. The molecule has 1 saturated carbocycles. The fourth-order valence-electron chi connectivity index (χ4n) is 3.60. The first kappa shape index (κ1) is 16.3. The van der Waals surface area contributed by atoms with Crippen molar-refractivity contribution >= 4 is 11.8 Å². The van der Waals surface area contributed by atoms with Crippen LogP contribution in [-0.4, -0.2) is 35.3 Å². The Bertz CT molecular complexity index is 413. The Morgan fingerprint density at radius 2 is 1.81 bits per heavy atom. The first-order valence-corrected chi connectivity index (χ1v) is 8.42. The van der Waals surface area contributed by atoms with Crippen LogP contribution in [0.2, 0.25) is 0 Å². The lowest BCUT2D eigenvalue weighted by atomic mass is 9.90. The van der Waals surface area contributed by atoms with Crippen molar-refractivity contribution in [3.63, 3.8) is 0 Å². The van der Waals surface area contributed by atoms with Gasteiger partial charge in [-0.3, -0.25) is 9.59 Å². The zero-order chi connectivity index (χ0) is 15.8. The Hall–Kier alpha value is -1.06. The fourth-order valence-corrected chi connectivity index (χ4v) is 3.60. The zero-order valence-electron chi connectivity index (χ0n) is 14.1. The minimum absolute atomic E-state index is 0.0237. The molecular weight excluding hydrogens is 264 g/mol. The minimum Gasteiger partial charge on any atom is -0.342 e. The molecule has 21 heavy (non-hydrogen) atoms. The van der Waals surface area contributed by atoms with E-state index in [2.05, 4.69) is 12.2 Å². The molecule has 1 heterocycles. The van der Waals surface area contributed by atoms with E-state index >= 15 is 0 Å². The third-order valence-electron chi connectivity index (χ3n) is 4.99. The van der Waals surface area contributed by atoms with Crippen molar-refractivity contribution in [3.05, 3.63) is 0 Å². The molecule has 0 aromatic rings. The van der Waals surface area contributed by atoms with Crippen molar-refractivity contribution in [2.75, 3.05) is 6.54 Å². The number of carbonyl (C=O) groups excluding carboxylic acids is 2. The Kier molecular flexibility index (Phi) is 4.64. The lowest BCUT2D eigenvalue weighted by Gasteiger charge is -2.43. The Balaban J connectivity index is 2.22. The maximum atomic E-state index is 12.8. The molecule has 120 valence electrons. The molecule has 2 atom stereocenters. The summed E-state index contributed by atoms with van der Waals surface area (Å²) in [5, 5.41) is 2.94. The van der Waals surface area contributed by atoms with Crippen LogP contribution in [0.3, 0.4) is 0 Å². The van der Waals surface area contributed by atoms with Gasteiger partial charge in [-0.05, 0) is 36.5 Å². The van der Waals surface area contributed by atoms with Gasteiger partial charge in [-0.15, -0.1) is 0 Å². The van der Waals surface area contributed by atoms with E-state index in [9.17, 15) is 9.59 Å². The Morgan fingerprint density at radius 1 is 1.19 bits per heavy atom. The van der Waals surface area contributed by atoms with Gasteiger partial charge in [-0.1, -0.05) is 41.0 Å². The van der Waals surface area contributed by atoms with Crippen molar-refractivity contribution in [2.45, 2.75) is 72.4 Å². The van der Waals surface area contributed by atoms with Gasteiger partial charge >= 0.3 is 0 Å². The number of carbonyl (C=O) groups is 2. The van der Waals surface area contributed by atoms with Gasteiger partial charge in [-0.25, -0.2) is 0 Å². The predicted octanol–water partition coefficient (Wildman–Crippen LogP) is 2.57. The van der Waals surface area contributed by atoms with E-state index in [4.69, 9.17) is 0 Å². The average molecular weight is 294 g/mol. The third kappa shape index (κ3) is 3.24. The monoisotopic (exact) mass is 294 g/mol. The number of amides is 2. The van der Waals surface area contributed by atoms with Crippen LogP contribution >= 0.6 is 0 Å². The quantitative estimate of drug-likeness (QED) is 0.818. The van der Waals surface area contributed by atoms with Crippen LogP contribution in [0.4, 0.5) is 0 Å². The molecule has 2 amide bonds. The maximum Gasteiger partial charge on any atom is 0.246 e. The van der Waals surface area contributed by atoms with Crippen LogP contribution in [0, 0.1) is 17.3 Å². The summed E-state index contributed by atoms with van der Waals surface area (Å²) in [6, 6.07) is -0.660. The number of nitrogens with zero attached hydrogens (tertiary/aromatic N) is 1. The number of rotatable bonds is 6. The highest BCUT2D eigenvalue weighted by Gasteiger charge is 2.49. The zero-order valence-corrected chi connectivity index (χ0v) is 14.1. The maximum absolute atomic E-state index is 12.8. The summed E-state index contributed by atoms with van der Waals surface area (Å²) in [6.45, 7) is 11.0. The molecule has 0 bridgehead atoms. The van der Waals surface area contributed by atoms with Gasteiger partial charge in [0.15, 0.2) is 0 Å². The number of hydrogen-bond acceptors (Lipinski definition) is 2. The topological polar surface area (TPSA) is 49.4 Å². The van der Waals surface area contributed by atoms with Crippen molar-refractivity contribution in [2.24, 2.45) is 17.3 Å². The largest absolute Gasteiger partial charge is 0.342 e. The summed E-state index contributed by atoms with van der Waals surface area (Å²) in [7, 11) is 0. The first-order valence-electron chi connectivity index (χ1n) is 8.42. The second-order valence-corrected chi connectivity index (χ2v) is 7.64. The summed E-state index contributed by atoms with van der Waals surface area (Å²) in [5.41, 5.74) is 0.288. The van der Waals surface area contributed by atoms with Crippen LogP contribution in [-0.2, 0) is 9.59 Å². The fraction of sp³-hybridized carbons (Fsp3) is 0.882. The molecule has 1 aliphatic carbocycles. The molecule has 1 saturated heterocycles. The molecule has 0 aromatic carbocycles. The second kappa shape index (κ2) is 5.98. The van der Waals surface area contributed by atoms with E-state index in [-0.39, 0.29) is 41.1 Å².